The zero-order valence-corrected chi connectivity index (χ0v) is 14.5. The quantitative estimate of drug-likeness (QED) is 0.481. The Morgan fingerprint density at radius 1 is 0.963 bits per heavy atom. The summed E-state index contributed by atoms with van der Waals surface area (Å²) in [5.41, 5.74) is 0.950. The van der Waals surface area contributed by atoms with E-state index in [0.29, 0.717) is 21.7 Å². The van der Waals surface area contributed by atoms with Crippen LogP contribution < -0.4 is 5.32 Å². The van der Waals surface area contributed by atoms with Crippen LogP contribution >= 0.6 is 11.6 Å². The zero-order valence-electron chi connectivity index (χ0n) is 13.8. The third-order valence-corrected chi connectivity index (χ3v) is 4.26. The molecule has 1 amide bonds. The number of hydrogen-bond donors (Lipinski definition) is 1. The van der Waals surface area contributed by atoms with Gasteiger partial charge in [0.05, 0.1) is 16.6 Å². The molecule has 0 saturated heterocycles. The van der Waals surface area contributed by atoms with E-state index in [1.807, 2.05) is 0 Å². The number of rotatable bonds is 2. The van der Waals surface area contributed by atoms with Gasteiger partial charge in [0.15, 0.2) is 5.82 Å². The van der Waals surface area contributed by atoms with Crippen LogP contribution in [0.4, 0.5) is 19.3 Å². The molecule has 3 aromatic carbocycles. The average molecular weight is 384 g/mol. The summed E-state index contributed by atoms with van der Waals surface area (Å²) >= 11 is 5.95. The monoisotopic (exact) mass is 383 g/mol. The van der Waals surface area contributed by atoms with E-state index in [4.69, 9.17) is 11.6 Å². The highest BCUT2D eigenvalue weighted by atomic mass is 35.5. The predicted molar refractivity (Wildman–Crippen MR) is 101 cm³/mol. The molecule has 0 aliphatic carbocycles. The topological polar surface area (TPSA) is 46.9 Å². The van der Waals surface area contributed by atoms with E-state index >= 15 is 0 Å². The summed E-state index contributed by atoms with van der Waals surface area (Å²) < 4.78 is 29.8. The fraction of sp³-hybridized carbons (Fsp3) is 0. The Hall–Kier alpha value is -3.25. The lowest BCUT2D eigenvalue weighted by Crippen LogP contribution is -2.20. The molecule has 4 aromatic rings. The van der Waals surface area contributed by atoms with Crippen LogP contribution in [-0.4, -0.2) is 15.6 Å². The number of nitrogens with one attached hydrogen (secondary N) is 1. The van der Waals surface area contributed by atoms with Crippen LogP contribution in [0.2, 0.25) is 5.02 Å². The number of hydrogen-bond acceptors (Lipinski definition) is 2. The Morgan fingerprint density at radius 3 is 2.41 bits per heavy atom. The Labute approximate surface area is 158 Å². The molecule has 0 aliphatic heterocycles. The maximum Gasteiger partial charge on any atom is 0.332 e. The molecule has 0 fully saturated rings. The number of carbonyl (C=O) groups is 1. The van der Waals surface area contributed by atoms with Crippen molar-refractivity contribution in [3.8, 4) is 11.4 Å². The van der Waals surface area contributed by atoms with Gasteiger partial charge in [-0.3, -0.25) is 0 Å². The Kier molecular flexibility index (Phi) is 4.33. The molecule has 1 heterocycles. The highest BCUT2D eigenvalue weighted by Crippen LogP contribution is 2.29. The standard InChI is InChI=1S/C20H12ClF2N3O/c21-12-5-3-6-13(11-12)24-20(27)26-17-10-2-1-9-16(17)25-19(26)18-14(22)7-4-8-15(18)23/h1-11H,(H,24,27). The number of benzene rings is 3. The minimum atomic E-state index is -0.804. The van der Waals surface area contributed by atoms with Crippen LogP contribution in [0.15, 0.2) is 66.7 Å². The van der Waals surface area contributed by atoms with Crippen molar-refractivity contribution in [1.82, 2.24) is 9.55 Å². The Morgan fingerprint density at radius 2 is 1.67 bits per heavy atom. The molecule has 4 nitrogen and oxygen atoms in total. The summed E-state index contributed by atoms with van der Waals surface area (Å²) in [6, 6.07) is 16.2. The van der Waals surface area contributed by atoms with E-state index in [-0.39, 0.29) is 11.4 Å². The van der Waals surface area contributed by atoms with Gasteiger partial charge in [-0.15, -0.1) is 0 Å². The van der Waals surface area contributed by atoms with Gasteiger partial charge in [0, 0.05) is 10.7 Å². The molecule has 1 aromatic heterocycles. The van der Waals surface area contributed by atoms with Crippen LogP contribution in [0.3, 0.4) is 0 Å². The molecule has 0 aliphatic rings. The molecule has 4 rings (SSSR count). The van der Waals surface area contributed by atoms with Gasteiger partial charge < -0.3 is 5.32 Å². The first-order chi connectivity index (χ1) is 13.0. The predicted octanol–water partition coefficient (Wildman–Crippen LogP) is 5.72. The number of anilines is 1. The second-order valence-electron chi connectivity index (χ2n) is 5.80. The van der Waals surface area contributed by atoms with Crippen molar-refractivity contribution in [2.24, 2.45) is 0 Å². The van der Waals surface area contributed by atoms with Crippen molar-refractivity contribution in [3.05, 3.63) is 83.4 Å². The summed E-state index contributed by atoms with van der Waals surface area (Å²) in [6.07, 6.45) is 0. The number of carbonyl (C=O) groups excluding carboxylic acids is 1. The second kappa shape index (κ2) is 6.81. The lowest BCUT2D eigenvalue weighted by Gasteiger charge is -2.11. The van der Waals surface area contributed by atoms with Crippen LogP contribution in [0.5, 0.6) is 0 Å². The molecule has 0 atom stereocenters. The van der Waals surface area contributed by atoms with E-state index in [1.54, 1.807) is 48.5 Å². The number of nitrogens with zero attached hydrogens (tertiary/aromatic N) is 2. The number of aromatic nitrogens is 2. The summed E-state index contributed by atoms with van der Waals surface area (Å²) in [4.78, 5) is 17.2. The van der Waals surface area contributed by atoms with E-state index < -0.39 is 17.7 Å². The Bertz CT molecular complexity index is 1150. The van der Waals surface area contributed by atoms with Crippen LogP contribution in [0.1, 0.15) is 0 Å². The van der Waals surface area contributed by atoms with Gasteiger partial charge in [-0.2, -0.15) is 0 Å². The van der Waals surface area contributed by atoms with Gasteiger partial charge >= 0.3 is 6.03 Å². The first kappa shape index (κ1) is 17.2. The van der Waals surface area contributed by atoms with Crippen LogP contribution in [0, 0.1) is 11.6 Å². The van der Waals surface area contributed by atoms with E-state index in [2.05, 4.69) is 10.3 Å². The molecule has 7 heteroatoms. The number of imidazole rings is 1. The molecule has 0 bridgehead atoms. The minimum Gasteiger partial charge on any atom is -0.307 e. The fourth-order valence-corrected chi connectivity index (χ4v) is 3.05. The maximum atomic E-state index is 14.3. The van der Waals surface area contributed by atoms with Gasteiger partial charge in [-0.1, -0.05) is 35.9 Å². The second-order valence-corrected chi connectivity index (χ2v) is 6.23. The lowest BCUT2D eigenvalue weighted by atomic mass is 10.2. The number of para-hydroxylation sites is 2. The largest absolute Gasteiger partial charge is 0.332 e. The highest BCUT2D eigenvalue weighted by Gasteiger charge is 2.23. The van der Waals surface area contributed by atoms with Gasteiger partial charge in [0.1, 0.15) is 11.6 Å². The molecule has 0 saturated carbocycles. The molecule has 134 valence electrons. The zero-order chi connectivity index (χ0) is 19.0. The Balaban J connectivity index is 1.90. The molecular formula is C20H12ClF2N3O. The highest BCUT2D eigenvalue weighted by molar-refractivity contribution is 6.30. The van der Waals surface area contributed by atoms with Crippen LogP contribution in [0.25, 0.3) is 22.4 Å². The number of fused-ring (bicyclic) bond motifs is 1. The van der Waals surface area contributed by atoms with Crippen LogP contribution in [-0.2, 0) is 0 Å². The summed E-state index contributed by atoms with van der Waals surface area (Å²) in [5.74, 6) is -1.73. The van der Waals surface area contributed by atoms with Crippen molar-refractivity contribution in [2.75, 3.05) is 5.32 Å². The number of halogens is 3. The third-order valence-electron chi connectivity index (χ3n) is 4.03. The third kappa shape index (κ3) is 3.15. The molecular weight excluding hydrogens is 372 g/mol. The van der Waals surface area contributed by atoms with Crippen molar-refractivity contribution >= 4 is 34.4 Å². The smallest absolute Gasteiger partial charge is 0.307 e. The van der Waals surface area contributed by atoms with Crippen molar-refractivity contribution in [2.45, 2.75) is 0 Å². The average Bonchev–Trinajstić information content (AvgIpc) is 3.00. The van der Waals surface area contributed by atoms with E-state index in [9.17, 15) is 13.6 Å². The molecule has 27 heavy (non-hydrogen) atoms. The molecule has 0 spiro atoms. The van der Waals surface area contributed by atoms with Crippen molar-refractivity contribution in [1.29, 1.82) is 0 Å². The van der Waals surface area contributed by atoms with Gasteiger partial charge in [0.2, 0.25) is 0 Å². The fourth-order valence-electron chi connectivity index (χ4n) is 2.86. The normalized spacial score (nSPS) is 10.9. The summed E-state index contributed by atoms with van der Waals surface area (Å²) in [6.45, 7) is 0. The van der Waals surface area contributed by atoms with Gasteiger partial charge in [-0.05, 0) is 42.5 Å². The summed E-state index contributed by atoms with van der Waals surface area (Å²) in [7, 11) is 0. The van der Waals surface area contributed by atoms with Crippen molar-refractivity contribution < 1.29 is 13.6 Å². The molecule has 0 radical (unpaired) electrons. The molecule has 1 N–H and O–H groups in total. The van der Waals surface area contributed by atoms with Gasteiger partial charge in [-0.25, -0.2) is 23.1 Å². The minimum absolute atomic E-state index is 0.119. The maximum absolute atomic E-state index is 14.3. The summed E-state index contributed by atoms with van der Waals surface area (Å²) in [5, 5.41) is 3.13. The lowest BCUT2D eigenvalue weighted by molar-refractivity contribution is 0.254. The van der Waals surface area contributed by atoms with E-state index in [0.717, 1.165) is 16.7 Å². The van der Waals surface area contributed by atoms with E-state index in [1.165, 1.54) is 6.07 Å². The SMILES string of the molecule is O=C(Nc1cccc(Cl)c1)n1c(-c2c(F)cccc2F)nc2ccccc21. The molecule has 0 unspecified atom stereocenters. The first-order valence-corrected chi connectivity index (χ1v) is 8.41. The van der Waals surface area contributed by atoms with Crippen molar-refractivity contribution in [3.63, 3.8) is 0 Å². The number of amides is 1. The first-order valence-electron chi connectivity index (χ1n) is 8.03. The van der Waals surface area contributed by atoms with Gasteiger partial charge in [0.25, 0.3) is 0 Å².